The third-order valence-electron chi connectivity index (χ3n) is 3.34. The fourth-order valence-electron chi connectivity index (χ4n) is 2.19. The van der Waals surface area contributed by atoms with Gasteiger partial charge in [-0.3, -0.25) is 0 Å². The highest BCUT2D eigenvalue weighted by atomic mass is 32.1. The average molecular weight is 330 g/mol. The molecule has 0 unspecified atom stereocenters. The largest absolute Gasteiger partial charge is 0.479 e. The molecular weight excluding hydrogens is 316 g/mol. The molecule has 0 aliphatic rings. The van der Waals surface area contributed by atoms with Crippen LogP contribution in [0.3, 0.4) is 0 Å². The number of hydrogen-bond donors (Lipinski definition) is 0. The van der Waals surface area contributed by atoms with Crippen molar-refractivity contribution in [3.8, 4) is 16.2 Å². The smallest absolute Gasteiger partial charge is 0.346 e. The molecule has 5 nitrogen and oxygen atoms in total. The quantitative estimate of drug-likeness (QED) is 0.541. The lowest BCUT2D eigenvalue weighted by molar-refractivity contribution is -0.147. The number of methoxy groups -OCH3 is 1. The van der Waals surface area contributed by atoms with E-state index in [2.05, 4.69) is 4.74 Å². The molecule has 0 aliphatic carbocycles. The Morgan fingerprint density at radius 2 is 2.09 bits per heavy atom. The Bertz CT molecular complexity index is 895. The van der Waals surface area contributed by atoms with E-state index >= 15 is 0 Å². The van der Waals surface area contributed by atoms with Crippen molar-refractivity contribution in [2.24, 2.45) is 0 Å². The number of carbonyl (C=O) groups is 1. The lowest BCUT2D eigenvalue weighted by Crippen LogP contribution is -2.24. The van der Waals surface area contributed by atoms with Crippen LogP contribution in [0.25, 0.3) is 21.4 Å². The molecular formula is C17H14O5S. The minimum Gasteiger partial charge on any atom is -0.479 e. The Morgan fingerprint density at radius 1 is 1.26 bits per heavy atom. The van der Waals surface area contributed by atoms with Crippen LogP contribution in [0.5, 0.6) is 5.75 Å². The standard InChI is InChI=1S/C17H14O5S/c1-10(16(18)20-2)21-12-6-5-11-8-13(15-4-3-7-23-15)17(19)22-14(11)9-12/h3-10H,1-2H3/t10-/m1/s1. The summed E-state index contributed by atoms with van der Waals surface area (Å²) in [7, 11) is 1.30. The molecule has 0 aliphatic heterocycles. The van der Waals surface area contributed by atoms with E-state index in [9.17, 15) is 9.59 Å². The zero-order valence-corrected chi connectivity index (χ0v) is 13.4. The molecule has 2 aromatic heterocycles. The summed E-state index contributed by atoms with van der Waals surface area (Å²) < 4.78 is 15.5. The van der Waals surface area contributed by atoms with Gasteiger partial charge in [-0.05, 0) is 36.6 Å². The number of ether oxygens (including phenoxy) is 2. The molecule has 0 fully saturated rings. The van der Waals surface area contributed by atoms with E-state index in [0.29, 0.717) is 16.9 Å². The van der Waals surface area contributed by atoms with Crippen molar-refractivity contribution < 1.29 is 18.7 Å². The fourth-order valence-corrected chi connectivity index (χ4v) is 2.92. The third-order valence-corrected chi connectivity index (χ3v) is 4.24. The highest BCUT2D eigenvalue weighted by Crippen LogP contribution is 2.27. The second kappa shape index (κ2) is 6.26. The summed E-state index contributed by atoms with van der Waals surface area (Å²) in [5.74, 6) is -0.0398. The predicted octanol–water partition coefficient (Wildman–Crippen LogP) is 3.46. The van der Waals surface area contributed by atoms with Gasteiger partial charge in [0.2, 0.25) is 0 Å². The molecule has 0 N–H and O–H groups in total. The monoisotopic (exact) mass is 330 g/mol. The van der Waals surface area contributed by atoms with Crippen molar-refractivity contribution in [2.45, 2.75) is 13.0 Å². The van der Waals surface area contributed by atoms with Crippen LogP contribution in [0, 0.1) is 0 Å². The number of fused-ring (bicyclic) bond motifs is 1. The van der Waals surface area contributed by atoms with Crippen LogP contribution in [0.15, 0.2) is 51.0 Å². The first kappa shape index (κ1) is 15.3. The Kier molecular flexibility index (Phi) is 4.16. The lowest BCUT2D eigenvalue weighted by Gasteiger charge is -2.12. The van der Waals surface area contributed by atoms with Crippen molar-refractivity contribution >= 4 is 28.3 Å². The molecule has 6 heteroatoms. The highest BCUT2D eigenvalue weighted by Gasteiger charge is 2.15. The van der Waals surface area contributed by atoms with Gasteiger partial charge in [0, 0.05) is 16.3 Å². The Labute approximate surface area is 136 Å². The molecule has 0 spiro atoms. The summed E-state index contributed by atoms with van der Waals surface area (Å²) >= 11 is 1.48. The zero-order valence-electron chi connectivity index (χ0n) is 12.6. The van der Waals surface area contributed by atoms with E-state index in [0.717, 1.165) is 10.3 Å². The summed E-state index contributed by atoms with van der Waals surface area (Å²) in [5.41, 5.74) is 0.534. The van der Waals surface area contributed by atoms with Crippen LogP contribution in [-0.2, 0) is 9.53 Å². The Hall–Kier alpha value is -2.60. The fraction of sp³-hybridized carbons (Fsp3) is 0.176. The molecule has 23 heavy (non-hydrogen) atoms. The maximum absolute atomic E-state index is 12.1. The first-order chi connectivity index (χ1) is 11.1. The van der Waals surface area contributed by atoms with Gasteiger partial charge in [0.25, 0.3) is 0 Å². The van der Waals surface area contributed by atoms with Crippen LogP contribution < -0.4 is 10.4 Å². The van der Waals surface area contributed by atoms with Crippen molar-refractivity contribution in [2.75, 3.05) is 7.11 Å². The SMILES string of the molecule is COC(=O)[C@@H](C)Oc1ccc2cc(-c3cccs3)c(=O)oc2c1. The van der Waals surface area contributed by atoms with Gasteiger partial charge in [-0.25, -0.2) is 9.59 Å². The molecule has 0 amide bonds. The van der Waals surface area contributed by atoms with E-state index in [4.69, 9.17) is 9.15 Å². The van der Waals surface area contributed by atoms with Crippen LogP contribution in [0.1, 0.15) is 6.92 Å². The van der Waals surface area contributed by atoms with Crippen LogP contribution in [0.2, 0.25) is 0 Å². The van der Waals surface area contributed by atoms with Gasteiger partial charge in [-0.1, -0.05) is 6.07 Å². The second-order valence-corrected chi connectivity index (χ2v) is 5.86. The molecule has 0 bridgehead atoms. The Morgan fingerprint density at radius 3 is 2.78 bits per heavy atom. The molecule has 0 saturated carbocycles. The topological polar surface area (TPSA) is 65.7 Å². The van der Waals surface area contributed by atoms with E-state index in [1.165, 1.54) is 18.4 Å². The van der Waals surface area contributed by atoms with Gasteiger partial charge < -0.3 is 13.9 Å². The van der Waals surface area contributed by atoms with Crippen LogP contribution in [-0.4, -0.2) is 19.2 Å². The van der Waals surface area contributed by atoms with Crippen molar-refractivity contribution in [3.63, 3.8) is 0 Å². The van der Waals surface area contributed by atoms with Crippen LogP contribution >= 0.6 is 11.3 Å². The summed E-state index contributed by atoms with van der Waals surface area (Å²) in [6.07, 6.45) is -0.741. The van der Waals surface area contributed by atoms with Crippen molar-refractivity contribution in [3.05, 3.63) is 52.2 Å². The third kappa shape index (κ3) is 3.12. The van der Waals surface area contributed by atoms with Gasteiger partial charge >= 0.3 is 11.6 Å². The van der Waals surface area contributed by atoms with Gasteiger partial charge in [0.15, 0.2) is 6.10 Å². The maximum atomic E-state index is 12.1. The summed E-state index contributed by atoms with van der Waals surface area (Å²) in [5, 5.41) is 2.69. The number of rotatable bonds is 4. The summed E-state index contributed by atoms with van der Waals surface area (Å²) in [6, 6.07) is 10.6. The highest BCUT2D eigenvalue weighted by molar-refractivity contribution is 7.13. The molecule has 2 heterocycles. The second-order valence-electron chi connectivity index (χ2n) is 4.91. The minimum absolute atomic E-state index is 0.405. The van der Waals surface area contributed by atoms with Gasteiger partial charge in [0.1, 0.15) is 11.3 Å². The van der Waals surface area contributed by atoms with Crippen molar-refractivity contribution in [1.29, 1.82) is 0 Å². The van der Waals surface area contributed by atoms with Gasteiger partial charge in [-0.2, -0.15) is 0 Å². The van der Waals surface area contributed by atoms with Crippen LogP contribution in [0.4, 0.5) is 0 Å². The number of esters is 1. The molecule has 118 valence electrons. The zero-order chi connectivity index (χ0) is 16.4. The lowest BCUT2D eigenvalue weighted by atomic mass is 10.1. The number of hydrogen-bond acceptors (Lipinski definition) is 6. The number of benzene rings is 1. The molecule has 3 rings (SSSR count). The molecule has 1 aromatic carbocycles. The van der Waals surface area contributed by atoms with E-state index in [1.807, 2.05) is 17.5 Å². The molecule has 3 aromatic rings. The normalized spacial score (nSPS) is 12.1. The van der Waals surface area contributed by atoms with Gasteiger partial charge in [0.05, 0.1) is 12.7 Å². The minimum atomic E-state index is -0.741. The molecule has 1 atom stereocenters. The van der Waals surface area contributed by atoms with Gasteiger partial charge in [-0.15, -0.1) is 11.3 Å². The number of carbonyl (C=O) groups excluding carboxylic acids is 1. The van der Waals surface area contributed by atoms with E-state index < -0.39 is 17.7 Å². The van der Waals surface area contributed by atoms with E-state index in [1.54, 1.807) is 31.2 Å². The Balaban J connectivity index is 1.97. The predicted molar refractivity (Wildman–Crippen MR) is 87.9 cm³/mol. The number of thiophene rings is 1. The molecule has 0 radical (unpaired) electrons. The van der Waals surface area contributed by atoms with Crippen molar-refractivity contribution in [1.82, 2.24) is 0 Å². The molecule has 0 saturated heterocycles. The maximum Gasteiger partial charge on any atom is 0.346 e. The average Bonchev–Trinajstić information content (AvgIpc) is 3.07. The summed E-state index contributed by atoms with van der Waals surface area (Å²) in [4.78, 5) is 24.4. The summed E-state index contributed by atoms with van der Waals surface area (Å²) in [6.45, 7) is 1.59. The first-order valence-corrected chi connectivity index (χ1v) is 7.82. The first-order valence-electron chi connectivity index (χ1n) is 6.95. The van der Waals surface area contributed by atoms with E-state index in [-0.39, 0.29) is 0 Å².